The van der Waals surface area contributed by atoms with Gasteiger partial charge in [-0.25, -0.2) is 0 Å². The molecule has 0 bridgehead atoms. The monoisotopic (exact) mass is 284 g/mol. The molecule has 0 N–H and O–H groups in total. The third kappa shape index (κ3) is 2.70. The summed E-state index contributed by atoms with van der Waals surface area (Å²) in [5, 5.41) is 0. The minimum absolute atomic E-state index is 0.366. The Morgan fingerprint density at radius 3 is 2.62 bits per heavy atom. The Morgan fingerprint density at radius 2 is 2.06 bits per heavy atom. The number of rotatable bonds is 5. The fourth-order valence-electron chi connectivity index (χ4n) is 1.86. The predicted molar refractivity (Wildman–Crippen MR) is 68.6 cm³/mol. The van der Waals surface area contributed by atoms with Gasteiger partial charge in [0.05, 0.1) is 14.2 Å². The van der Waals surface area contributed by atoms with Crippen LogP contribution < -0.4 is 9.47 Å². The summed E-state index contributed by atoms with van der Waals surface area (Å²) in [7, 11) is 3.40. The van der Waals surface area contributed by atoms with E-state index < -0.39 is 0 Å². The van der Waals surface area contributed by atoms with E-state index in [4.69, 9.17) is 9.47 Å². The molecule has 3 heteroatoms. The van der Waals surface area contributed by atoms with Crippen LogP contribution in [-0.4, -0.2) is 14.2 Å². The molecule has 16 heavy (non-hydrogen) atoms. The molecule has 0 amide bonds. The van der Waals surface area contributed by atoms with Gasteiger partial charge in [-0.3, -0.25) is 0 Å². The summed E-state index contributed by atoms with van der Waals surface area (Å²) in [6.45, 7) is 0. The summed E-state index contributed by atoms with van der Waals surface area (Å²) in [5.41, 5.74) is 1.19. The lowest BCUT2D eigenvalue weighted by Crippen LogP contribution is -1.97. The highest BCUT2D eigenvalue weighted by molar-refractivity contribution is 9.09. The quantitative estimate of drug-likeness (QED) is 0.763. The molecule has 1 aromatic rings. The lowest BCUT2D eigenvalue weighted by molar-refractivity contribution is 0.397. The smallest absolute Gasteiger partial charge is 0.123 e. The van der Waals surface area contributed by atoms with E-state index in [1.807, 2.05) is 12.1 Å². The van der Waals surface area contributed by atoms with Gasteiger partial charge >= 0.3 is 0 Å². The van der Waals surface area contributed by atoms with Crippen LogP contribution in [0.25, 0.3) is 0 Å². The number of hydrogen-bond acceptors (Lipinski definition) is 2. The number of methoxy groups -OCH3 is 2. The van der Waals surface area contributed by atoms with Crippen LogP contribution in [0.15, 0.2) is 18.2 Å². The number of ether oxygens (including phenoxy) is 2. The van der Waals surface area contributed by atoms with Gasteiger partial charge in [0.15, 0.2) is 0 Å². The summed E-state index contributed by atoms with van der Waals surface area (Å²) in [4.78, 5) is 0.366. The number of benzene rings is 1. The van der Waals surface area contributed by atoms with Gasteiger partial charge in [-0.2, -0.15) is 0 Å². The van der Waals surface area contributed by atoms with Gasteiger partial charge in [-0.05, 0) is 30.5 Å². The Labute approximate surface area is 105 Å². The van der Waals surface area contributed by atoms with E-state index >= 15 is 0 Å². The van der Waals surface area contributed by atoms with E-state index in [-0.39, 0.29) is 0 Å². The molecule has 2 nitrogen and oxygen atoms in total. The molecule has 2 rings (SSSR count). The number of hydrogen-bond donors (Lipinski definition) is 0. The van der Waals surface area contributed by atoms with Gasteiger partial charge in [0, 0.05) is 10.4 Å². The van der Waals surface area contributed by atoms with Crippen LogP contribution in [0.5, 0.6) is 11.5 Å². The van der Waals surface area contributed by atoms with Crippen molar-refractivity contribution in [2.24, 2.45) is 5.92 Å². The lowest BCUT2D eigenvalue weighted by atomic mass is 10.1. The molecule has 1 aliphatic carbocycles. The second-order valence-corrected chi connectivity index (χ2v) is 5.36. The summed E-state index contributed by atoms with van der Waals surface area (Å²) < 4.78 is 10.6. The Hall–Kier alpha value is -0.700. The van der Waals surface area contributed by atoms with Gasteiger partial charge in [-0.1, -0.05) is 28.8 Å². The molecule has 1 unspecified atom stereocenters. The van der Waals surface area contributed by atoms with Crippen LogP contribution >= 0.6 is 15.9 Å². The first-order chi connectivity index (χ1) is 7.74. The molecular formula is C13H17BrO2. The molecule has 0 aromatic heterocycles. The molecule has 0 radical (unpaired) electrons. The fourth-order valence-corrected chi connectivity index (χ4v) is 2.74. The molecule has 1 saturated carbocycles. The van der Waals surface area contributed by atoms with Crippen LogP contribution in [-0.2, 0) is 0 Å². The van der Waals surface area contributed by atoms with Gasteiger partial charge in [0.25, 0.3) is 0 Å². The van der Waals surface area contributed by atoms with Gasteiger partial charge in [0.2, 0.25) is 0 Å². The fraction of sp³-hybridized carbons (Fsp3) is 0.538. The zero-order valence-electron chi connectivity index (χ0n) is 9.70. The Kier molecular flexibility index (Phi) is 3.74. The normalized spacial score (nSPS) is 16.9. The summed E-state index contributed by atoms with van der Waals surface area (Å²) in [6, 6.07) is 5.95. The highest BCUT2D eigenvalue weighted by atomic mass is 79.9. The van der Waals surface area contributed by atoms with Crippen LogP contribution in [0.3, 0.4) is 0 Å². The molecule has 0 spiro atoms. The summed E-state index contributed by atoms with van der Waals surface area (Å²) in [5.74, 6) is 2.71. The number of alkyl halides is 1. The maximum absolute atomic E-state index is 5.38. The lowest BCUT2D eigenvalue weighted by Gasteiger charge is -2.15. The third-order valence-electron chi connectivity index (χ3n) is 3.01. The van der Waals surface area contributed by atoms with E-state index in [1.54, 1.807) is 14.2 Å². The first-order valence-electron chi connectivity index (χ1n) is 5.60. The van der Waals surface area contributed by atoms with Crippen molar-refractivity contribution in [2.45, 2.75) is 24.1 Å². The average Bonchev–Trinajstić information content (AvgIpc) is 3.12. The third-order valence-corrected chi connectivity index (χ3v) is 3.88. The van der Waals surface area contributed by atoms with E-state index in [1.165, 1.54) is 24.8 Å². The predicted octanol–water partition coefficient (Wildman–Crippen LogP) is 3.94. The molecular weight excluding hydrogens is 268 g/mol. The standard InChI is InChI=1S/C13H17BrO2/c1-15-10-5-6-13(16-2)11(8-10)12(14)7-9-3-4-9/h5-6,8-9,12H,3-4,7H2,1-2H3. The topological polar surface area (TPSA) is 18.5 Å². The molecule has 0 heterocycles. The number of halogens is 1. The van der Waals surface area contributed by atoms with Crippen molar-refractivity contribution in [3.05, 3.63) is 23.8 Å². The highest BCUT2D eigenvalue weighted by Gasteiger charge is 2.26. The van der Waals surface area contributed by atoms with Crippen molar-refractivity contribution in [3.63, 3.8) is 0 Å². The van der Waals surface area contributed by atoms with E-state index in [9.17, 15) is 0 Å². The molecule has 0 saturated heterocycles. The van der Waals surface area contributed by atoms with Crippen molar-refractivity contribution < 1.29 is 9.47 Å². The SMILES string of the molecule is COc1ccc(OC)c(C(Br)CC2CC2)c1. The first kappa shape index (κ1) is 11.8. The Morgan fingerprint density at radius 1 is 1.31 bits per heavy atom. The van der Waals surface area contributed by atoms with E-state index in [0.29, 0.717) is 4.83 Å². The van der Waals surface area contributed by atoms with Gasteiger partial charge < -0.3 is 9.47 Å². The molecule has 1 atom stereocenters. The second kappa shape index (κ2) is 5.09. The summed E-state index contributed by atoms with van der Waals surface area (Å²) >= 11 is 3.75. The molecule has 1 aliphatic rings. The van der Waals surface area contributed by atoms with Crippen molar-refractivity contribution in [2.75, 3.05) is 14.2 Å². The van der Waals surface area contributed by atoms with Crippen molar-refractivity contribution in [1.82, 2.24) is 0 Å². The minimum atomic E-state index is 0.366. The van der Waals surface area contributed by atoms with Crippen molar-refractivity contribution in [3.8, 4) is 11.5 Å². The first-order valence-corrected chi connectivity index (χ1v) is 6.52. The highest BCUT2D eigenvalue weighted by Crippen LogP contribution is 2.44. The van der Waals surface area contributed by atoms with Crippen LogP contribution in [0.4, 0.5) is 0 Å². The molecule has 1 aromatic carbocycles. The Bertz CT molecular complexity index is 361. The molecule has 88 valence electrons. The van der Waals surface area contributed by atoms with Gasteiger partial charge in [-0.15, -0.1) is 0 Å². The maximum Gasteiger partial charge on any atom is 0.123 e. The van der Waals surface area contributed by atoms with Crippen molar-refractivity contribution in [1.29, 1.82) is 0 Å². The molecule has 0 aliphatic heterocycles. The van der Waals surface area contributed by atoms with E-state index in [0.717, 1.165) is 17.4 Å². The maximum atomic E-state index is 5.38. The van der Waals surface area contributed by atoms with Crippen molar-refractivity contribution >= 4 is 15.9 Å². The summed E-state index contributed by atoms with van der Waals surface area (Å²) in [6.07, 6.45) is 3.92. The average molecular weight is 285 g/mol. The zero-order chi connectivity index (χ0) is 11.5. The van der Waals surface area contributed by atoms with Crippen LogP contribution in [0, 0.1) is 5.92 Å². The Balaban J connectivity index is 2.20. The van der Waals surface area contributed by atoms with Crippen LogP contribution in [0.1, 0.15) is 29.7 Å². The van der Waals surface area contributed by atoms with Crippen LogP contribution in [0.2, 0.25) is 0 Å². The minimum Gasteiger partial charge on any atom is -0.497 e. The van der Waals surface area contributed by atoms with E-state index in [2.05, 4.69) is 22.0 Å². The largest absolute Gasteiger partial charge is 0.497 e. The van der Waals surface area contributed by atoms with Gasteiger partial charge in [0.1, 0.15) is 11.5 Å². The second-order valence-electron chi connectivity index (χ2n) is 4.25. The zero-order valence-corrected chi connectivity index (χ0v) is 11.3. The molecule has 1 fully saturated rings.